The monoisotopic (exact) mass is 260 g/mol. The Balaban J connectivity index is 1.64. The van der Waals surface area contributed by atoms with Crippen LogP contribution in [-0.2, 0) is 7.05 Å². The van der Waals surface area contributed by atoms with Gasteiger partial charge in [-0.25, -0.2) is 4.98 Å². The molecule has 100 valence electrons. The van der Waals surface area contributed by atoms with E-state index in [1.54, 1.807) is 18.3 Å². The summed E-state index contributed by atoms with van der Waals surface area (Å²) < 4.78 is 7.14. The van der Waals surface area contributed by atoms with Gasteiger partial charge in [-0.1, -0.05) is 0 Å². The van der Waals surface area contributed by atoms with E-state index in [1.807, 2.05) is 22.7 Å². The molecule has 1 aliphatic heterocycles. The number of nitrogens with zero attached hydrogens (tertiary/aromatic N) is 4. The number of piperazine rings is 1. The SMILES string of the molecule is Cn1ccnc1N1CCN(C(=O)c2ccco2)CC1. The minimum Gasteiger partial charge on any atom is -0.459 e. The number of carbonyl (C=O) groups excluding carboxylic acids is 1. The summed E-state index contributed by atoms with van der Waals surface area (Å²) in [6.45, 7) is 2.95. The predicted molar refractivity (Wildman–Crippen MR) is 70.0 cm³/mol. The Hall–Kier alpha value is -2.24. The summed E-state index contributed by atoms with van der Waals surface area (Å²) in [7, 11) is 1.97. The zero-order valence-electron chi connectivity index (χ0n) is 10.8. The van der Waals surface area contributed by atoms with Crippen LogP contribution in [0.1, 0.15) is 10.6 Å². The molecule has 3 rings (SSSR count). The largest absolute Gasteiger partial charge is 0.459 e. The lowest BCUT2D eigenvalue weighted by molar-refractivity contribution is 0.0714. The van der Waals surface area contributed by atoms with Gasteiger partial charge in [-0.3, -0.25) is 4.79 Å². The fourth-order valence-electron chi connectivity index (χ4n) is 2.33. The Morgan fingerprint density at radius 1 is 1.32 bits per heavy atom. The second kappa shape index (κ2) is 4.79. The van der Waals surface area contributed by atoms with Crippen LogP contribution in [0.4, 0.5) is 5.95 Å². The van der Waals surface area contributed by atoms with Crippen LogP contribution >= 0.6 is 0 Å². The summed E-state index contributed by atoms with van der Waals surface area (Å²) in [5.74, 6) is 1.32. The first kappa shape index (κ1) is 11.8. The highest BCUT2D eigenvalue weighted by atomic mass is 16.3. The maximum atomic E-state index is 12.1. The average Bonchev–Trinajstić information content (AvgIpc) is 3.09. The number of aryl methyl sites for hydroxylation is 1. The maximum Gasteiger partial charge on any atom is 0.289 e. The summed E-state index contributed by atoms with van der Waals surface area (Å²) >= 11 is 0. The van der Waals surface area contributed by atoms with Gasteiger partial charge >= 0.3 is 0 Å². The normalized spacial score (nSPS) is 15.8. The molecule has 1 saturated heterocycles. The first-order chi connectivity index (χ1) is 9.25. The second-order valence-electron chi connectivity index (χ2n) is 4.59. The Kier molecular flexibility index (Phi) is 2.98. The van der Waals surface area contributed by atoms with E-state index >= 15 is 0 Å². The molecule has 6 heteroatoms. The molecule has 0 aromatic carbocycles. The molecule has 1 amide bonds. The van der Waals surface area contributed by atoms with Crippen LogP contribution in [0.25, 0.3) is 0 Å². The summed E-state index contributed by atoms with van der Waals surface area (Å²) in [5, 5.41) is 0. The fourth-order valence-corrected chi connectivity index (χ4v) is 2.33. The van der Waals surface area contributed by atoms with Crippen molar-refractivity contribution in [3.8, 4) is 0 Å². The van der Waals surface area contributed by atoms with Crippen LogP contribution in [-0.4, -0.2) is 46.5 Å². The molecular formula is C13H16N4O2. The number of anilines is 1. The third-order valence-corrected chi connectivity index (χ3v) is 3.38. The van der Waals surface area contributed by atoms with Crippen molar-refractivity contribution in [3.63, 3.8) is 0 Å². The number of carbonyl (C=O) groups is 1. The van der Waals surface area contributed by atoms with Crippen molar-refractivity contribution in [2.45, 2.75) is 0 Å². The Morgan fingerprint density at radius 2 is 2.11 bits per heavy atom. The van der Waals surface area contributed by atoms with E-state index in [2.05, 4.69) is 9.88 Å². The van der Waals surface area contributed by atoms with Crippen molar-refractivity contribution in [3.05, 3.63) is 36.5 Å². The molecule has 2 aromatic rings. The first-order valence-corrected chi connectivity index (χ1v) is 6.31. The predicted octanol–water partition coefficient (Wildman–Crippen LogP) is 0.976. The molecule has 6 nitrogen and oxygen atoms in total. The van der Waals surface area contributed by atoms with Crippen molar-refractivity contribution >= 4 is 11.9 Å². The van der Waals surface area contributed by atoms with Gasteiger partial charge in [0.25, 0.3) is 5.91 Å². The molecule has 19 heavy (non-hydrogen) atoms. The third kappa shape index (κ3) is 2.21. The van der Waals surface area contributed by atoms with Gasteiger partial charge in [-0.15, -0.1) is 0 Å². The number of hydrogen-bond donors (Lipinski definition) is 0. The van der Waals surface area contributed by atoms with Crippen molar-refractivity contribution in [1.82, 2.24) is 14.5 Å². The molecule has 1 fully saturated rings. The van der Waals surface area contributed by atoms with Gasteiger partial charge in [0.1, 0.15) is 0 Å². The zero-order chi connectivity index (χ0) is 13.2. The molecule has 0 unspecified atom stereocenters. The number of hydrogen-bond acceptors (Lipinski definition) is 4. The van der Waals surface area contributed by atoms with Crippen LogP contribution in [0.5, 0.6) is 0 Å². The first-order valence-electron chi connectivity index (χ1n) is 6.31. The molecule has 0 aliphatic carbocycles. The van der Waals surface area contributed by atoms with E-state index in [4.69, 9.17) is 4.42 Å². The average molecular weight is 260 g/mol. The third-order valence-electron chi connectivity index (χ3n) is 3.38. The molecule has 3 heterocycles. The molecular weight excluding hydrogens is 244 g/mol. The van der Waals surface area contributed by atoms with Gasteiger partial charge < -0.3 is 18.8 Å². The highest BCUT2D eigenvalue weighted by Gasteiger charge is 2.24. The Bertz CT molecular complexity index is 553. The minimum absolute atomic E-state index is 0.0375. The summed E-state index contributed by atoms with van der Waals surface area (Å²) in [6.07, 6.45) is 5.24. The van der Waals surface area contributed by atoms with Crippen LogP contribution in [0.2, 0.25) is 0 Å². The molecule has 1 aliphatic rings. The minimum atomic E-state index is -0.0375. The van der Waals surface area contributed by atoms with E-state index in [0.717, 1.165) is 19.0 Å². The lowest BCUT2D eigenvalue weighted by Gasteiger charge is -2.34. The van der Waals surface area contributed by atoms with Crippen molar-refractivity contribution < 1.29 is 9.21 Å². The van der Waals surface area contributed by atoms with Crippen LogP contribution in [0.15, 0.2) is 35.2 Å². The molecule has 0 atom stereocenters. The van der Waals surface area contributed by atoms with Crippen molar-refractivity contribution in [2.24, 2.45) is 7.05 Å². The molecule has 0 saturated carbocycles. The topological polar surface area (TPSA) is 54.5 Å². The molecule has 0 bridgehead atoms. The van der Waals surface area contributed by atoms with Crippen LogP contribution in [0, 0.1) is 0 Å². The van der Waals surface area contributed by atoms with Gasteiger partial charge in [0, 0.05) is 45.6 Å². The van der Waals surface area contributed by atoms with Gasteiger partial charge in [-0.2, -0.15) is 0 Å². The standard InChI is InChI=1S/C13H16N4O2/c1-15-5-4-14-13(15)17-8-6-16(7-9-17)12(18)11-3-2-10-19-11/h2-5,10H,6-9H2,1H3. The van der Waals surface area contributed by atoms with Gasteiger partial charge in [0.2, 0.25) is 5.95 Å². The van der Waals surface area contributed by atoms with Gasteiger partial charge in [-0.05, 0) is 12.1 Å². The van der Waals surface area contributed by atoms with E-state index in [0.29, 0.717) is 18.8 Å². The number of amides is 1. The quantitative estimate of drug-likeness (QED) is 0.807. The Labute approximate surface area is 111 Å². The van der Waals surface area contributed by atoms with E-state index in [1.165, 1.54) is 6.26 Å². The molecule has 2 aromatic heterocycles. The van der Waals surface area contributed by atoms with Crippen LogP contribution in [0.3, 0.4) is 0 Å². The van der Waals surface area contributed by atoms with Crippen molar-refractivity contribution in [2.75, 3.05) is 31.1 Å². The van der Waals surface area contributed by atoms with E-state index in [9.17, 15) is 4.79 Å². The zero-order valence-corrected chi connectivity index (χ0v) is 10.8. The summed E-state index contributed by atoms with van der Waals surface area (Å²) in [4.78, 5) is 20.4. The number of furan rings is 1. The summed E-state index contributed by atoms with van der Waals surface area (Å²) in [6, 6.07) is 3.44. The summed E-state index contributed by atoms with van der Waals surface area (Å²) in [5.41, 5.74) is 0. The Morgan fingerprint density at radius 3 is 2.68 bits per heavy atom. The van der Waals surface area contributed by atoms with E-state index < -0.39 is 0 Å². The highest BCUT2D eigenvalue weighted by Crippen LogP contribution is 2.14. The lowest BCUT2D eigenvalue weighted by atomic mass is 10.3. The van der Waals surface area contributed by atoms with Gasteiger partial charge in [0.15, 0.2) is 5.76 Å². The second-order valence-corrected chi connectivity index (χ2v) is 4.59. The van der Waals surface area contributed by atoms with Gasteiger partial charge in [0.05, 0.1) is 6.26 Å². The lowest BCUT2D eigenvalue weighted by Crippen LogP contribution is -2.49. The molecule has 0 radical (unpaired) electrons. The maximum absolute atomic E-state index is 12.1. The van der Waals surface area contributed by atoms with E-state index in [-0.39, 0.29) is 5.91 Å². The number of imidazole rings is 1. The molecule has 0 N–H and O–H groups in total. The van der Waals surface area contributed by atoms with Crippen LogP contribution < -0.4 is 4.90 Å². The highest BCUT2D eigenvalue weighted by molar-refractivity contribution is 5.91. The smallest absolute Gasteiger partial charge is 0.289 e. The molecule has 0 spiro atoms. The van der Waals surface area contributed by atoms with Crippen molar-refractivity contribution in [1.29, 1.82) is 0 Å². The number of rotatable bonds is 2. The number of aromatic nitrogens is 2. The fraction of sp³-hybridized carbons (Fsp3) is 0.385.